The van der Waals surface area contributed by atoms with E-state index in [4.69, 9.17) is 0 Å². The maximum atomic E-state index is 4.55. The molecule has 0 amide bonds. The van der Waals surface area contributed by atoms with Gasteiger partial charge in [-0.25, -0.2) is 0 Å². The number of rotatable bonds is 4. The zero-order chi connectivity index (χ0) is 18.5. The molecule has 2 atom stereocenters. The quantitative estimate of drug-likeness (QED) is 0.666. The molecule has 2 aromatic carbocycles. The second-order valence-corrected chi connectivity index (χ2v) is 7.71. The van der Waals surface area contributed by atoms with Crippen LogP contribution in [0.3, 0.4) is 0 Å². The number of guanidine groups is 1. The Hall–Kier alpha value is -2.49. The smallest absolute Gasteiger partial charge is 0.193 e. The Kier molecular flexibility index (Phi) is 5.61. The highest BCUT2D eigenvalue weighted by Gasteiger charge is 2.27. The van der Waals surface area contributed by atoms with Crippen molar-refractivity contribution in [3.8, 4) is 0 Å². The van der Waals surface area contributed by atoms with Crippen LogP contribution in [0.1, 0.15) is 24.3 Å². The van der Waals surface area contributed by atoms with E-state index in [1.807, 2.05) is 7.05 Å². The monoisotopic (exact) mass is 362 g/mol. The fourth-order valence-corrected chi connectivity index (χ4v) is 4.39. The average Bonchev–Trinajstić information content (AvgIpc) is 3.40. The molecule has 0 spiro atoms. The highest BCUT2D eigenvalue weighted by atomic mass is 15.3. The minimum Gasteiger partial charge on any atom is -0.371 e. The van der Waals surface area contributed by atoms with E-state index in [1.54, 1.807) is 0 Å². The van der Waals surface area contributed by atoms with E-state index < -0.39 is 0 Å². The van der Waals surface area contributed by atoms with Gasteiger partial charge in [0.1, 0.15) is 0 Å². The Morgan fingerprint density at radius 1 is 0.963 bits per heavy atom. The standard InChI is InChI=1S/C23H30N4/c1-24-23(27-15-13-21(18-27)20-8-4-2-5-9-20)25-16-19-12-14-26(17-19)22-10-6-3-7-11-22/h2-11,19,21H,12-18H2,1H3,(H,24,25). The zero-order valence-electron chi connectivity index (χ0n) is 16.2. The van der Waals surface area contributed by atoms with Crippen molar-refractivity contribution in [3.05, 3.63) is 66.2 Å². The number of hydrogen-bond acceptors (Lipinski definition) is 2. The highest BCUT2D eigenvalue weighted by molar-refractivity contribution is 5.80. The molecule has 2 saturated heterocycles. The van der Waals surface area contributed by atoms with Gasteiger partial charge in [-0.1, -0.05) is 48.5 Å². The van der Waals surface area contributed by atoms with Crippen molar-refractivity contribution < 1.29 is 0 Å². The molecule has 0 aromatic heterocycles. The van der Waals surface area contributed by atoms with E-state index in [-0.39, 0.29) is 0 Å². The Balaban J connectivity index is 1.28. The maximum absolute atomic E-state index is 4.55. The fourth-order valence-electron chi connectivity index (χ4n) is 4.39. The Bertz CT molecular complexity index is 743. The van der Waals surface area contributed by atoms with Crippen molar-refractivity contribution in [1.29, 1.82) is 0 Å². The van der Waals surface area contributed by atoms with Gasteiger partial charge in [-0.05, 0) is 36.5 Å². The summed E-state index contributed by atoms with van der Waals surface area (Å²) >= 11 is 0. The van der Waals surface area contributed by atoms with Gasteiger partial charge < -0.3 is 15.1 Å². The second-order valence-electron chi connectivity index (χ2n) is 7.71. The van der Waals surface area contributed by atoms with Crippen molar-refractivity contribution in [2.24, 2.45) is 10.9 Å². The van der Waals surface area contributed by atoms with Crippen molar-refractivity contribution >= 4 is 11.6 Å². The topological polar surface area (TPSA) is 30.9 Å². The molecule has 4 nitrogen and oxygen atoms in total. The molecule has 2 aliphatic heterocycles. The predicted octanol–water partition coefficient (Wildman–Crippen LogP) is 3.58. The first kappa shape index (κ1) is 17.9. The van der Waals surface area contributed by atoms with E-state index in [9.17, 15) is 0 Å². The fraction of sp³-hybridized carbons (Fsp3) is 0.435. The molecule has 0 radical (unpaired) electrons. The van der Waals surface area contributed by atoms with E-state index >= 15 is 0 Å². The number of nitrogens with zero attached hydrogens (tertiary/aromatic N) is 3. The number of benzene rings is 2. The lowest BCUT2D eigenvalue weighted by Gasteiger charge is -2.23. The van der Waals surface area contributed by atoms with Gasteiger partial charge in [0.25, 0.3) is 0 Å². The minimum atomic E-state index is 0.616. The number of para-hydroxylation sites is 1. The van der Waals surface area contributed by atoms with E-state index in [0.29, 0.717) is 11.8 Å². The molecule has 2 unspecified atom stereocenters. The van der Waals surface area contributed by atoms with Gasteiger partial charge in [0.15, 0.2) is 5.96 Å². The van der Waals surface area contributed by atoms with E-state index in [1.165, 1.54) is 24.1 Å². The molecule has 0 saturated carbocycles. The molecular weight excluding hydrogens is 332 g/mol. The summed E-state index contributed by atoms with van der Waals surface area (Å²) in [6.45, 7) is 5.42. The molecule has 2 aliphatic rings. The first-order chi connectivity index (χ1) is 13.3. The van der Waals surface area contributed by atoms with Gasteiger partial charge in [-0.3, -0.25) is 4.99 Å². The summed E-state index contributed by atoms with van der Waals surface area (Å²) in [6.07, 6.45) is 2.45. The van der Waals surface area contributed by atoms with Crippen molar-refractivity contribution in [2.75, 3.05) is 44.7 Å². The molecule has 2 aromatic rings. The lowest BCUT2D eigenvalue weighted by molar-refractivity contribution is 0.470. The molecule has 142 valence electrons. The molecule has 4 rings (SSSR count). The molecule has 2 fully saturated rings. The lowest BCUT2D eigenvalue weighted by Crippen LogP contribution is -2.42. The van der Waals surface area contributed by atoms with E-state index in [0.717, 1.165) is 38.7 Å². The third-order valence-corrected chi connectivity index (χ3v) is 5.93. The molecule has 0 aliphatic carbocycles. The molecule has 27 heavy (non-hydrogen) atoms. The third kappa shape index (κ3) is 4.26. The summed E-state index contributed by atoms with van der Waals surface area (Å²) < 4.78 is 0. The molecule has 4 heteroatoms. The molecule has 1 N–H and O–H groups in total. The zero-order valence-corrected chi connectivity index (χ0v) is 16.2. The summed E-state index contributed by atoms with van der Waals surface area (Å²) in [5.74, 6) is 2.35. The summed E-state index contributed by atoms with van der Waals surface area (Å²) in [4.78, 5) is 9.47. The summed E-state index contributed by atoms with van der Waals surface area (Å²) in [5.41, 5.74) is 2.79. The second kappa shape index (κ2) is 8.47. The van der Waals surface area contributed by atoms with Crippen LogP contribution in [0.25, 0.3) is 0 Å². The van der Waals surface area contributed by atoms with Crippen LogP contribution in [0.4, 0.5) is 5.69 Å². The van der Waals surface area contributed by atoms with Gasteiger partial charge in [-0.2, -0.15) is 0 Å². The number of anilines is 1. The maximum Gasteiger partial charge on any atom is 0.193 e. The van der Waals surface area contributed by atoms with Gasteiger partial charge in [0, 0.05) is 51.4 Å². The molecule has 2 heterocycles. The number of hydrogen-bond donors (Lipinski definition) is 1. The van der Waals surface area contributed by atoms with Gasteiger partial charge in [0.05, 0.1) is 0 Å². The van der Waals surface area contributed by atoms with E-state index in [2.05, 4.69) is 80.8 Å². The molecule has 0 bridgehead atoms. The van der Waals surface area contributed by atoms with Gasteiger partial charge in [-0.15, -0.1) is 0 Å². The Morgan fingerprint density at radius 3 is 2.44 bits per heavy atom. The highest BCUT2D eigenvalue weighted by Crippen LogP contribution is 2.27. The first-order valence-corrected chi connectivity index (χ1v) is 10.1. The number of aliphatic imine (C=N–C) groups is 1. The summed E-state index contributed by atoms with van der Waals surface area (Å²) in [5, 5.41) is 3.65. The van der Waals surface area contributed by atoms with Gasteiger partial charge in [0.2, 0.25) is 0 Å². The first-order valence-electron chi connectivity index (χ1n) is 10.1. The summed E-state index contributed by atoms with van der Waals surface area (Å²) in [6, 6.07) is 21.6. The number of nitrogens with one attached hydrogen (secondary N) is 1. The molecular formula is C23H30N4. The van der Waals surface area contributed by atoms with Crippen LogP contribution in [0.5, 0.6) is 0 Å². The van der Waals surface area contributed by atoms with Crippen LogP contribution in [0.15, 0.2) is 65.7 Å². The Morgan fingerprint density at radius 2 is 1.70 bits per heavy atom. The normalized spacial score (nSPS) is 23.1. The largest absolute Gasteiger partial charge is 0.371 e. The van der Waals surface area contributed by atoms with Crippen LogP contribution in [0.2, 0.25) is 0 Å². The van der Waals surface area contributed by atoms with Crippen molar-refractivity contribution in [1.82, 2.24) is 10.2 Å². The van der Waals surface area contributed by atoms with Gasteiger partial charge >= 0.3 is 0 Å². The van der Waals surface area contributed by atoms with Crippen molar-refractivity contribution in [3.63, 3.8) is 0 Å². The minimum absolute atomic E-state index is 0.616. The third-order valence-electron chi connectivity index (χ3n) is 5.93. The number of likely N-dealkylation sites (tertiary alicyclic amines) is 1. The van der Waals surface area contributed by atoms with Crippen LogP contribution in [-0.2, 0) is 0 Å². The average molecular weight is 363 g/mol. The van der Waals surface area contributed by atoms with Crippen LogP contribution >= 0.6 is 0 Å². The van der Waals surface area contributed by atoms with Crippen LogP contribution in [0, 0.1) is 5.92 Å². The Labute approximate surface area is 162 Å². The van der Waals surface area contributed by atoms with Crippen molar-refractivity contribution in [2.45, 2.75) is 18.8 Å². The summed E-state index contributed by atoms with van der Waals surface area (Å²) in [7, 11) is 1.91. The van der Waals surface area contributed by atoms with Crippen LogP contribution < -0.4 is 10.2 Å². The van der Waals surface area contributed by atoms with Crippen LogP contribution in [-0.4, -0.2) is 50.6 Å². The predicted molar refractivity (Wildman–Crippen MR) is 113 cm³/mol. The lowest BCUT2D eigenvalue weighted by atomic mass is 9.99. The SMILES string of the molecule is CN=C(NCC1CCN(c2ccccc2)C1)N1CCC(c2ccccc2)C1.